The molecule has 1 aliphatic rings. The summed E-state index contributed by atoms with van der Waals surface area (Å²) in [5, 5.41) is 0. The third-order valence-corrected chi connectivity index (χ3v) is 4.01. The summed E-state index contributed by atoms with van der Waals surface area (Å²) in [5.74, 6) is 0.264. The fourth-order valence-electron chi connectivity index (χ4n) is 2.50. The third-order valence-electron chi connectivity index (χ3n) is 4.01. The molecule has 3 heteroatoms. The second-order valence-electron chi connectivity index (χ2n) is 6.41. The lowest BCUT2D eigenvalue weighted by Gasteiger charge is -2.46. The maximum atomic E-state index is 12.2. The molecule has 1 fully saturated rings. The molecule has 1 heterocycles. The van der Waals surface area contributed by atoms with Crippen molar-refractivity contribution >= 4 is 5.91 Å². The molecule has 1 atom stereocenters. The van der Waals surface area contributed by atoms with Crippen LogP contribution in [0.3, 0.4) is 0 Å². The van der Waals surface area contributed by atoms with E-state index < -0.39 is 0 Å². The van der Waals surface area contributed by atoms with Gasteiger partial charge in [-0.05, 0) is 39.3 Å². The molecule has 1 rings (SSSR count). The van der Waals surface area contributed by atoms with Crippen LogP contribution < -0.4 is 0 Å². The van der Waals surface area contributed by atoms with E-state index in [1.54, 1.807) is 0 Å². The van der Waals surface area contributed by atoms with Crippen molar-refractivity contribution in [3.8, 4) is 0 Å². The van der Waals surface area contributed by atoms with Crippen LogP contribution in [0.1, 0.15) is 40.5 Å². The van der Waals surface area contributed by atoms with Crippen LogP contribution in [-0.4, -0.2) is 48.4 Å². The first-order valence-corrected chi connectivity index (χ1v) is 6.14. The number of carbonyl (C=O) groups excluding carboxylic acids is 1. The van der Waals surface area contributed by atoms with Gasteiger partial charge in [-0.15, -0.1) is 0 Å². The van der Waals surface area contributed by atoms with Gasteiger partial charge in [-0.1, -0.05) is 20.8 Å². The van der Waals surface area contributed by atoms with E-state index in [0.717, 1.165) is 19.4 Å². The van der Waals surface area contributed by atoms with Crippen LogP contribution in [0.2, 0.25) is 0 Å². The van der Waals surface area contributed by atoms with E-state index in [9.17, 15) is 4.79 Å². The van der Waals surface area contributed by atoms with Gasteiger partial charge in [0.2, 0.25) is 5.91 Å². The Labute approximate surface area is 99.8 Å². The van der Waals surface area contributed by atoms with Gasteiger partial charge in [0.05, 0.1) is 6.54 Å². The van der Waals surface area contributed by atoms with Gasteiger partial charge < -0.3 is 9.80 Å². The van der Waals surface area contributed by atoms with E-state index in [2.05, 4.69) is 32.6 Å². The Kier molecular flexibility index (Phi) is 3.68. The molecule has 1 amide bonds. The predicted octanol–water partition coefficient (Wildman–Crippen LogP) is 1.98. The maximum Gasteiger partial charge on any atom is 0.237 e. The number of likely N-dealkylation sites (tertiary alicyclic amines) is 1. The van der Waals surface area contributed by atoms with E-state index in [1.807, 2.05) is 19.0 Å². The first-order valence-electron chi connectivity index (χ1n) is 6.14. The van der Waals surface area contributed by atoms with Crippen molar-refractivity contribution in [1.82, 2.24) is 9.80 Å². The van der Waals surface area contributed by atoms with Crippen molar-refractivity contribution in [3.63, 3.8) is 0 Å². The van der Waals surface area contributed by atoms with E-state index >= 15 is 0 Å². The number of nitrogens with zero attached hydrogens (tertiary/aromatic N) is 2. The summed E-state index contributed by atoms with van der Waals surface area (Å²) < 4.78 is 0. The molecular weight excluding hydrogens is 200 g/mol. The van der Waals surface area contributed by atoms with E-state index in [4.69, 9.17) is 0 Å². The lowest BCUT2D eigenvalue weighted by molar-refractivity contribution is -0.139. The molecule has 0 aromatic carbocycles. The highest BCUT2D eigenvalue weighted by Crippen LogP contribution is 2.43. The zero-order valence-corrected chi connectivity index (χ0v) is 11.6. The number of hydrogen-bond acceptors (Lipinski definition) is 2. The molecule has 0 aromatic rings. The minimum absolute atomic E-state index is 0.0140. The molecule has 0 bridgehead atoms. The van der Waals surface area contributed by atoms with Gasteiger partial charge in [0, 0.05) is 12.1 Å². The fourth-order valence-corrected chi connectivity index (χ4v) is 2.50. The zero-order chi connectivity index (χ0) is 12.6. The van der Waals surface area contributed by atoms with Gasteiger partial charge in [-0.25, -0.2) is 0 Å². The Morgan fingerprint density at radius 1 is 1.38 bits per heavy atom. The molecule has 1 aliphatic heterocycles. The lowest BCUT2D eigenvalue weighted by Crippen LogP contribution is -2.55. The largest absolute Gasteiger partial charge is 0.336 e. The molecule has 0 spiro atoms. The highest BCUT2D eigenvalue weighted by Gasteiger charge is 2.47. The Morgan fingerprint density at radius 2 is 1.94 bits per heavy atom. The highest BCUT2D eigenvalue weighted by atomic mass is 16.2. The summed E-state index contributed by atoms with van der Waals surface area (Å²) >= 11 is 0. The topological polar surface area (TPSA) is 23.6 Å². The first-order chi connectivity index (χ1) is 7.18. The summed E-state index contributed by atoms with van der Waals surface area (Å²) in [6.07, 6.45) is 2.25. The van der Waals surface area contributed by atoms with Crippen molar-refractivity contribution < 1.29 is 4.79 Å². The van der Waals surface area contributed by atoms with E-state index in [-0.39, 0.29) is 16.9 Å². The minimum Gasteiger partial charge on any atom is -0.336 e. The van der Waals surface area contributed by atoms with E-state index in [1.165, 1.54) is 0 Å². The first kappa shape index (κ1) is 13.5. The van der Waals surface area contributed by atoms with Crippen LogP contribution in [0.15, 0.2) is 0 Å². The summed E-state index contributed by atoms with van der Waals surface area (Å²) in [7, 11) is 3.89. The number of carbonyl (C=O) groups is 1. The van der Waals surface area contributed by atoms with Crippen molar-refractivity contribution in [2.24, 2.45) is 5.41 Å². The standard InChI is InChI=1S/C13H26N2O/c1-12(2,3)13(4)8-7-9-15(13)11(16)10-14(5)6/h7-10H2,1-6H3/t13-/m0/s1. The molecule has 0 aromatic heterocycles. The van der Waals surface area contributed by atoms with Crippen molar-refractivity contribution in [1.29, 1.82) is 0 Å². The third kappa shape index (κ3) is 2.40. The van der Waals surface area contributed by atoms with Crippen LogP contribution in [-0.2, 0) is 4.79 Å². The molecule has 3 nitrogen and oxygen atoms in total. The zero-order valence-electron chi connectivity index (χ0n) is 11.6. The Bertz CT molecular complexity index is 268. The molecular formula is C13H26N2O. The van der Waals surface area contributed by atoms with Gasteiger partial charge >= 0.3 is 0 Å². The monoisotopic (exact) mass is 226 g/mol. The number of hydrogen-bond donors (Lipinski definition) is 0. The average Bonchev–Trinajstić information content (AvgIpc) is 2.46. The van der Waals surface area contributed by atoms with Gasteiger partial charge in [0.1, 0.15) is 0 Å². The minimum atomic E-state index is 0.0140. The van der Waals surface area contributed by atoms with E-state index in [0.29, 0.717) is 6.54 Å². The van der Waals surface area contributed by atoms with Crippen LogP contribution in [0.5, 0.6) is 0 Å². The second-order valence-corrected chi connectivity index (χ2v) is 6.41. The van der Waals surface area contributed by atoms with Gasteiger partial charge in [-0.3, -0.25) is 4.79 Å². The quantitative estimate of drug-likeness (QED) is 0.719. The van der Waals surface area contributed by atoms with Gasteiger partial charge in [0.15, 0.2) is 0 Å². The lowest BCUT2D eigenvalue weighted by atomic mass is 9.73. The number of amides is 1. The molecule has 0 aliphatic carbocycles. The van der Waals surface area contributed by atoms with Crippen molar-refractivity contribution in [3.05, 3.63) is 0 Å². The van der Waals surface area contributed by atoms with Crippen LogP contribution >= 0.6 is 0 Å². The molecule has 16 heavy (non-hydrogen) atoms. The molecule has 0 saturated carbocycles. The molecule has 1 saturated heterocycles. The average molecular weight is 226 g/mol. The normalized spacial score (nSPS) is 26.6. The highest BCUT2D eigenvalue weighted by molar-refractivity contribution is 5.79. The summed E-state index contributed by atoms with van der Waals surface area (Å²) in [6.45, 7) is 10.4. The SMILES string of the molecule is CN(C)CC(=O)N1CCC[C@@]1(C)C(C)(C)C. The van der Waals surface area contributed by atoms with Gasteiger partial charge in [0.25, 0.3) is 0 Å². The Hall–Kier alpha value is -0.570. The number of likely N-dealkylation sites (N-methyl/N-ethyl adjacent to an activating group) is 1. The molecule has 0 N–H and O–H groups in total. The fraction of sp³-hybridized carbons (Fsp3) is 0.923. The molecule has 94 valence electrons. The molecule has 0 radical (unpaired) electrons. The van der Waals surface area contributed by atoms with Crippen LogP contribution in [0, 0.1) is 5.41 Å². The second kappa shape index (κ2) is 4.36. The predicted molar refractivity (Wildman–Crippen MR) is 67.4 cm³/mol. The summed E-state index contributed by atoms with van der Waals surface area (Å²) in [4.78, 5) is 16.2. The van der Waals surface area contributed by atoms with Crippen molar-refractivity contribution in [2.45, 2.75) is 46.1 Å². The summed E-state index contributed by atoms with van der Waals surface area (Å²) in [5.41, 5.74) is 0.158. The maximum absolute atomic E-state index is 12.2. The Balaban J connectivity index is 2.84. The smallest absolute Gasteiger partial charge is 0.237 e. The Morgan fingerprint density at radius 3 is 2.38 bits per heavy atom. The molecule has 0 unspecified atom stereocenters. The number of rotatable bonds is 2. The summed E-state index contributed by atoms with van der Waals surface area (Å²) in [6, 6.07) is 0. The van der Waals surface area contributed by atoms with Crippen LogP contribution in [0.25, 0.3) is 0 Å². The van der Waals surface area contributed by atoms with Gasteiger partial charge in [-0.2, -0.15) is 0 Å². The van der Waals surface area contributed by atoms with Crippen molar-refractivity contribution in [2.75, 3.05) is 27.2 Å². The van der Waals surface area contributed by atoms with Crippen LogP contribution in [0.4, 0.5) is 0 Å².